The highest BCUT2D eigenvalue weighted by molar-refractivity contribution is 6.67. The Balaban J connectivity index is 2.88. The summed E-state index contributed by atoms with van der Waals surface area (Å²) in [6.07, 6.45) is 0.554. The van der Waals surface area contributed by atoms with Gasteiger partial charge in [-0.2, -0.15) is 0 Å². The normalized spacial score (nSPS) is 9.83. The number of carbonyl (C=O) groups is 1. The topological polar surface area (TPSA) is 37.3 Å². The minimum absolute atomic E-state index is 0.0833. The van der Waals surface area contributed by atoms with Crippen LogP contribution in [0.1, 0.15) is 15.9 Å². The number of aliphatic hydroxyl groups is 1. The van der Waals surface area contributed by atoms with Gasteiger partial charge in [-0.25, -0.2) is 0 Å². The highest BCUT2D eigenvalue weighted by Crippen LogP contribution is 2.08. The van der Waals surface area contributed by atoms with Gasteiger partial charge in [-0.1, -0.05) is 18.2 Å². The molecule has 0 amide bonds. The van der Waals surface area contributed by atoms with E-state index in [1.807, 2.05) is 6.07 Å². The van der Waals surface area contributed by atoms with Crippen molar-refractivity contribution in [3.63, 3.8) is 0 Å². The second-order valence-corrected chi connectivity index (χ2v) is 2.79. The summed E-state index contributed by atoms with van der Waals surface area (Å²) in [6, 6.07) is 6.93. The van der Waals surface area contributed by atoms with Crippen LogP contribution >= 0.6 is 11.6 Å². The predicted molar refractivity (Wildman–Crippen MR) is 47.4 cm³/mol. The van der Waals surface area contributed by atoms with Crippen LogP contribution in [0.25, 0.3) is 0 Å². The lowest BCUT2D eigenvalue weighted by Gasteiger charge is -1.98. The van der Waals surface area contributed by atoms with E-state index < -0.39 is 5.24 Å². The van der Waals surface area contributed by atoms with Gasteiger partial charge in [-0.05, 0) is 29.7 Å². The minimum atomic E-state index is -0.463. The molecule has 0 aliphatic carbocycles. The smallest absolute Gasteiger partial charge is 0.252 e. The van der Waals surface area contributed by atoms with Crippen LogP contribution in [0.15, 0.2) is 24.3 Å². The molecule has 0 aromatic heterocycles. The number of rotatable bonds is 3. The van der Waals surface area contributed by atoms with Crippen molar-refractivity contribution in [2.45, 2.75) is 6.42 Å². The molecule has 0 aliphatic rings. The summed E-state index contributed by atoms with van der Waals surface area (Å²) in [4.78, 5) is 10.7. The Kier molecular flexibility index (Phi) is 3.26. The first-order chi connectivity index (χ1) is 5.74. The molecular weight excluding hydrogens is 176 g/mol. The highest BCUT2D eigenvalue weighted by Gasteiger charge is 2.01. The van der Waals surface area contributed by atoms with Gasteiger partial charge >= 0.3 is 0 Å². The van der Waals surface area contributed by atoms with E-state index in [0.29, 0.717) is 12.0 Å². The summed E-state index contributed by atoms with van der Waals surface area (Å²) < 4.78 is 0. The van der Waals surface area contributed by atoms with Gasteiger partial charge in [0.2, 0.25) is 0 Å². The van der Waals surface area contributed by atoms with Crippen molar-refractivity contribution in [3.05, 3.63) is 35.4 Å². The molecule has 0 bridgehead atoms. The number of benzene rings is 1. The monoisotopic (exact) mass is 184 g/mol. The first kappa shape index (κ1) is 9.23. The number of hydrogen-bond acceptors (Lipinski definition) is 2. The molecule has 1 N–H and O–H groups in total. The maximum absolute atomic E-state index is 10.7. The number of halogens is 1. The molecule has 0 spiro atoms. The molecule has 0 radical (unpaired) electrons. The van der Waals surface area contributed by atoms with Crippen molar-refractivity contribution in [3.8, 4) is 0 Å². The standard InChI is InChI=1S/C9H9ClO2/c10-9(12)8-3-1-2-7(6-8)4-5-11/h1-3,6,11H,4-5H2. The molecule has 3 heteroatoms. The van der Waals surface area contributed by atoms with Crippen LogP contribution < -0.4 is 0 Å². The van der Waals surface area contributed by atoms with E-state index in [1.54, 1.807) is 18.2 Å². The van der Waals surface area contributed by atoms with Gasteiger partial charge in [-0.3, -0.25) is 4.79 Å². The van der Waals surface area contributed by atoms with Crippen LogP contribution in [0, 0.1) is 0 Å². The van der Waals surface area contributed by atoms with Gasteiger partial charge in [0.1, 0.15) is 0 Å². The number of aliphatic hydroxyl groups excluding tert-OH is 1. The van der Waals surface area contributed by atoms with E-state index >= 15 is 0 Å². The average Bonchev–Trinajstić information content (AvgIpc) is 2.05. The van der Waals surface area contributed by atoms with E-state index in [4.69, 9.17) is 16.7 Å². The third-order valence-electron chi connectivity index (χ3n) is 1.55. The zero-order chi connectivity index (χ0) is 8.97. The van der Waals surface area contributed by atoms with Crippen molar-refractivity contribution in [1.29, 1.82) is 0 Å². The second kappa shape index (κ2) is 4.24. The third-order valence-corrected chi connectivity index (χ3v) is 1.77. The first-order valence-electron chi connectivity index (χ1n) is 3.63. The third kappa shape index (κ3) is 2.32. The lowest BCUT2D eigenvalue weighted by molar-refractivity contribution is 0.108. The van der Waals surface area contributed by atoms with Gasteiger partial charge in [0.05, 0.1) is 0 Å². The molecule has 0 heterocycles. The van der Waals surface area contributed by atoms with Crippen molar-refractivity contribution >= 4 is 16.8 Å². The minimum Gasteiger partial charge on any atom is -0.396 e. The van der Waals surface area contributed by atoms with Crippen LogP contribution in [-0.2, 0) is 6.42 Å². The first-order valence-corrected chi connectivity index (χ1v) is 4.01. The Labute approximate surface area is 75.8 Å². The van der Waals surface area contributed by atoms with Gasteiger partial charge in [0.15, 0.2) is 0 Å². The maximum atomic E-state index is 10.7. The lowest BCUT2D eigenvalue weighted by Crippen LogP contribution is -1.94. The maximum Gasteiger partial charge on any atom is 0.252 e. The zero-order valence-electron chi connectivity index (χ0n) is 6.46. The van der Waals surface area contributed by atoms with Crippen LogP contribution in [0.4, 0.5) is 0 Å². The van der Waals surface area contributed by atoms with E-state index in [2.05, 4.69) is 0 Å². The highest BCUT2D eigenvalue weighted by atomic mass is 35.5. The second-order valence-electron chi connectivity index (χ2n) is 2.45. The molecule has 0 aliphatic heterocycles. The van der Waals surface area contributed by atoms with Crippen molar-refractivity contribution in [2.24, 2.45) is 0 Å². The molecular formula is C9H9ClO2. The Morgan fingerprint density at radius 3 is 2.83 bits per heavy atom. The fourth-order valence-corrected chi connectivity index (χ4v) is 1.10. The van der Waals surface area contributed by atoms with Gasteiger partial charge < -0.3 is 5.11 Å². The molecule has 0 saturated carbocycles. The molecule has 1 rings (SSSR count). The fourth-order valence-electron chi connectivity index (χ4n) is 0.978. The lowest BCUT2D eigenvalue weighted by atomic mass is 10.1. The van der Waals surface area contributed by atoms with E-state index in [-0.39, 0.29) is 6.61 Å². The van der Waals surface area contributed by atoms with Crippen molar-refractivity contribution < 1.29 is 9.90 Å². The Morgan fingerprint density at radius 1 is 1.50 bits per heavy atom. The molecule has 0 fully saturated rings. The SMILES string of the molecule is O=C(Cl)c1cccc(CCO)c1. The molecule has 0 saturated heterocycles. The van der Waals surface area contributed by atoms with Crippen molar-refractivity contribution in [1.82, 2.24) is 0 Å². The Bertz CT molecular complexity index is 284. The summed E-state index contributed by atoms with van der Waals surface area (Å²) in [5.41, 5.74) is 1.40. The van der Waals surface area contributed by atoms with Crippen molar-refractivity contribution in [2.75, 3.05) is 6.61 Å². The molecule has 12 heavy (non-hydrogen) atoms. The summed E-state index contributed by atoms with van der Waals surface area (Å²) in [7, 11) is 0. The molecule has 2 nitrogen and oxygen atoms in total. The predicted octanol–water partition coefficient (Wildman–Crippen LogP) is 1.60. The largest absolute Gasteiger partial charge is 0.396 e. The Hall–Kier alpha value is -0.860. The van der Waals surface area contributed by atoms with E-state index in [0.717, 1.165) is 5.56 Å². The molecule has 0 atom stereocenters. The summed E-state index contributed by atoms with van der Waals surface area (Å²) in [6.45, 7) is 0.0833. The Morgan fingerprint density at radius 2 is 2.25 bits per heavy atom. The summed E-state index contributed by atoms with van der Waals surface area (Å²) in [5, 5.41) is 8.17. The van der Waals surface area contributed by atoms with Crippen LogP contribution in [0.5, 0.6) is 0 Å². The van der Waals surface area contributed by atoms with E-state index in [9.17, 15) is 4.79 Å². The molecule has 1 aromatic rings. The zero-order valence-corrected chi connectivity index (χ0v) is 7.21. The average molecular weight is 185 g/mol. The van der Waals surface area contributed by atoms with Gasteiger partial charge in [-0.15, -0.1) is 0 Å². The fraction of sp³-hybridized carbons (Fsp3) is 0.222. The van der Waals surface area contributed by atoms with Crippen LogP contribution in [0.2, 0.25) is 0 Å². The van der Waals surface area contributed by atoms with E-state index in [1.165, 1.54) is 0 Å². The summed E-state index contributed by atoms with van der Waals surface area (Å²) >= 11 is 5.27. The van der Waals surface area contributed by atoms with Gasteiger partial charge in [0.25, 0.3) is 5.24 Å². The van der Waals surface area contributed by atoms with Crippen LogP contribution in [-0.4, -0.2) is 17.0 Å². The molecule has 64 valence electrons. The molecule has 0 unspecified atom stereocenters. The summed E-state index contributed by atoms with van der Waals surface area (Å²) in [5.74, 6) is 0. The quantitative estimate of drug-likeness (QED) is 0.725. The number of carbonyl (C=O) groups excluding carboxylic acids is 1. The van der Waals surface area contributed by atoms with Crippen LogP contribution in [0.3, 0.4) is 0 Å². The molecule has 1 aromatic carbocycles. The van der Waals surface area contributed by atoms with Gasteiger partial charge in [0, 0.05) is 12.2 Å². The number of hydrogen-bond donors (Lipinski definition) is 1.